The minimum absolute atomic E-state index is 0.112. The van der Waals surface area contributed by atoms with Crippen molar-refractivity contribution in [2.24, 2.45) is 0 Å². The van der Waals surface area contributed by atoms with E-state index in [0.717, 1.165) is 69.6 Å². The van der Waals surface area contributed by atoms with Crippen LogP contribution in [0.5, 0.6) is 0 Å². The number of benzene rings is 3. The molecule has 2 heterocycles. The molecule has 0 unspecified atom stereocenters. The number of methoxy groups -OCH3 is 2. The number of aliphatic hydroxyl groups excluding tert-OH is 1. The number of aliphatic hydroxyl groups is 1. The Kier molecular flexibility index (Phi) is 8.75. The fraction of sp³-hybridized carbons (Fsp3) is 0.290. The molecule has 0 saturated heterocycles. The van der Waals surface area contributed by atoms with Crippen LogP contribution in [0.3, 0.4) is 0 Å². The predicted molar refractivity (Wildman–Crippen MR) is 153 cm³/mol. The molecule has 0 aliphatic rings. The van der Waals surface area contributed by atoms with E-state index in [1.807, 2.05) is 24.4 Å². The van der Waals surface area contributed by atoms with Crippen molar-refractivity contribution in [2.45, 2.75) is 45.6 Å². The number of unbranched alkanes of at least 4 members (excludes halogenated alkanes) is 1. The number of hydrogen-bond donors (Lipinski definition) is 2. The number of rotatable bonds is 12. The third kappa shape index (κ3) is 5.72. The quantitative estimate of drug-likeness (QED) is 0.200. The minimum atomic E-state index is -0.624. The summed E-state index contributed by atoms with van der Waals surface area (Å²) in [5.74, 6) is 1.43. The number of imidazole rings is 1. The van der Waals surface area contributed by atoms with Crippen LogP contribution in [0.25, 0.3) is 33.9 Å². The standard InChI is InChI=1S/C31H34N6O3/c1-4-5-8-22-17-24(20-38)28(31(39-2)40-3)27(18-22)30-32-15-16-37(30)19-21-11-13-23(14-12-21)25-9-6-7-10-26(25)29-33-35-36-34-29/h6-7,9-18,31,38H,4-5,8,19-20H2,1-3H3,(H,33,34,35,36). The number of H-pyrrole nitrogens is 1. The third-order valence-corrected chi connectivity index (χ3v) is 7.08. The van der Waals surface area contributed by atoms with Gasteiger partial charge in [0.2, 0.25) is 0 Å². The first-order valence-corrected chi connectivity index (χ1v) is 13.4. The molecule has 9 heteroatoms. The topological polar surface area (TPSA) is 111 Å². The first-order chi connectivity index (χ1) is 19.7. The molecule has 0 aliphatic carbocycles. The molecule has 9 nitrogen and oxygen atoms in total. The Morgan fingerprint density at radius 1 is 0.950 bits per heavy atom. The summed E-state index contributed by atoms with van der Waals surface area (Å²) in [7, 11) is 3.21. The molecule has 3 aromatic carbocycles. The Bertz CT molecular complexity index is 1530. The number of tetrazole rings is 1. The lowest BCUT2D eigenvalue weighted by Crippen LogP contribution is -2.12. The normalized spacial score (nSPS) is 11.4. The van der Waals surface area contributed by atoms with Crippen molar-refractivity contribution in [3.63, 3.8) is 0 Å². The van der Waals surface area contributed by atoms with Gasteiger partial charge in [-0.15, -0.1) is 5.10 Å². The zero-order valence-electron chi connectivity index (χ0n) is 23.0. The molecular weight excluding hydrogens is 504 g/mol. The molecule has 0 spiro atoms. The van der Waals surface area contributed by atoms with Crippen LogP contribution in [0.1, 0.15) is 48.3 Å². The van der Waals surface area contributed by atoms with Crippen LogP contribution in [0, 0.1) is 0 Å². The van der Waals surface area contributed by atoms with Crippen molar-refractivity contribution in [3.05, 3.63) is 95.3 Å². The van der Waals surface area contributed by atoms with Gasteiger partial charge < -0.3 is 19.1 Å². The van der Waals surface area contributed by atoms with Crippen molar-refractivity contribution in [2.75, 3.05) is 14.2 Å². The van der Waals surface area contributed by atoms with Crippen molar-refractivity contribution < 1.29 is 14.6 Å². The van der Waals surface area contributed by atoms with Gasteiger partial charge in [-0.3, -0.25) is 0 Å². The Morgan fingerprint density at radius 3 is 2.40 bits per heavy atom. The highest BCUT2D eigenvalue weighted by Gasteiger charge is 2.23. The molecule has 2 N–H and O–H groups in total. The van der Waals surface area contributed by atoms with Gasteiger partial charge in [0, 0.05) is 49.8 Å². The number of nitrogens with zero attached hydrogens (tertiary/aromatic N) is 5. The highest BCUT2D eigenvalue weighted by molar-refractivity contribution is 5.80. The predicted octanol–water partition coefficient (Wildman–Crippen LogP) is 5.57. The van der Waals surface area contributed by atoms with Crippen LogP contribution in [0.15, 0.2) is 73.1 Å². The molecule has 5 rings (SSSR count). The van der Waals surface area contributed by atoms with Gasteiger partial charge in [-0.1, -0.05) is 67.9 Å². The number of hydrogen-bond acceptors (Lipinski definition) is 7. The molecular formula is C31H34N6O3. The van der Waals surface area contributed by atoms with Gasteiger partial charge in [0.05, 0.1) is 6.61 Å². The van der Waals surface area contributed by atoms with E-state index in [9.17, 15) is 5.11 Å². The highest BCUT2D eigenvalue weighted by atomic mass is 16.7. The van der Waals surface area contributed by atoms with E-state index in [-0.39, 0.29) is 6.61 Å². The molecule has 2 aromatic heterocycles. The first-order valence-electron chi connectivity index (χ1n) is 13.4. The number of nitrogens with one attached hydrogen (secondary N) is 1. The molecule has 0 saturated carbocycles. The second-order valence-corrected chi connectivity index (χ2v) is 9.65. The number of ether oxygens (including phenoxy) is 2. The summed E-state index contributed by atoms with van der Waals surface area (Å²) in [5, 5.41) is 24.7. The van der Waals surface area contributed by atoms with Crippen LogP contribution in [0.4, 0.5) is 0 Å². The molecule has 206 valence electrons. The van der Waals surface area contributed by atoms with Gasteiger partial charge in [0.1, 0.15) is 5.82 Å². The van der Waals surface area contributed by atoms with Gasteiger partial charge in [-0.2, -0.15) is 0 Å². The average Bonchev–Trinajstić information content (AvgIpc) is 3.70. The van der Waals surface area contributed by atoms with Gasteiger partial charge >= 0.3 is 0 Å². The fourth-order valence-electron chi connectivity index (χ4n) is 5.11. The second-order valence-electron chi connectivity index (χ2n) is 9.65. The van der Waals surface area contributed by atoms with E-state index >= 15 is 0 Å². The van der Waals surface area contributed by atoms with Crippen molar-refractivity contribution in [3.8, 4) is 33.9 Å². The van der Waals surface area contributed by atoms with Crippen LogP contribution >= 0.6 is 0 Å². The molecule has 40 heavy (non-hydrogen) atoms. The van der Waals surface area contributed by atoms with Gasteiger partial charge in [0.15, 0.2) is 12.1 Å². The Hall–Kier alpha value is -4.18. The summed E-state index contributed by atoms with van der Waals surface area (Å²) in [6.07, 6.45) is 6.25. The lowest BCUT2D eigenvalue weighted by Gasteiger charge is -2.22. The van der Waals surface area contributed by atoms with Crippen molar-refractivity contribution in [1.82, 2.24) is 30.2 Å². The zero-order valence-corrected chi connectivity index (χ0v) is 23.0. The van der Waals surface area contributed by atoms with E-state index in [2.05, 4.69) is 74.6 Å². The van der Waals surface area contributed by atoms with Crippen LogP contribution in [-0.4, -0.2) is 49.5 Å². The van der Waals surface area contributed by atoms with E-state index < -0.39 is 6.29 Å². The Balaban J connectivity index is 1.49. The highest BCUT2D eigenvalue weighted by Crippen LogP contribution is 2.35. The van der Waals surface area contributed by atoms with E-state index in [1.165, 1.54) is 0 Å². The number of aromatic nitrogens is 6. The molecule has 0 radical (unpaired) electrons. The van der Waals surface area contributed by atoms with Crippen LogP contribution in [0.2, 0.25) is 0 Å². The van der Waals surface area contributed by atoms with E-state index in [1.54, 1.807) is 20.4 Å². The minimum Gasteiger partial charge on any atom is -0.392 e. The van der Waals surface area contributed by atoms with Gasteiger partial charge in [0.25, 0.3) is 0 Å². The summed E-state index contributed by atoms with van der Waals surface area (Å²) in [5.41, 5.74) is 7.85. The zero-order chi connectivity index (χ0) is 27.9. The molecule has 5 aromatic rings. The molecule has 0 bridgehead atoms. The summed E-state index contributed by atoms with van der Waals surface area (Å²) in [6.45, 7) is 2.69. The molecule has 0 amide bonds. The summed E-state index contributed by atoms with van der Waals surface area (Å²) >= 11 is 0. The first kappa shape index (κ1) is 27.4. The maximum Gasteiger partial charge on any atom is 0.184 e. The molecule has 0 fully saturated rings. The lowest BCUT2D eigenvalue weighted by atomic mass is 9.94. The lowest BCUT2D eigenvalue weighted by molar-refractivity contribution is -0.106. The van der Waals surface area contributed by atoms with Crippen LogP contribution in [-0.2, 0) is 29.0 Å². The smallest absolute Gasteiger partial charge is 0.184 e. The number of aromatic amines is 1. The summed E-state index contributed by atoms with van der Waals surface area (Å²) < 4.78 is 13.4. The fourth-order valence-corrected chi connectivity index (χ4v) is 5.11. The van der Waals surface area contributed by atoms with Gasteiger partial charge in [-0.25, -0.2) is 10.1 Å². The van der Waals surface area contributed by atoms with Crippen LogP contribution < -0.4 is 0 Å². The molecule has 0 aliphatic heterocycles. The Morgan fingerprint density at radius 2 is 1.73 bits per heavy atom. The van der Waals surface area contributed by atoms with Crippen molar-refractivity contribution in [1.29, 1.82) is 0 Å². The SMILES string of the molecule is CCCCc1cc(CO)c(C(OC)OC)c(-c2nccn2Cc2ccc(-c3ccccc3-c3nnn[nH]3)cc2)c1. The number of aryl methyl sites for hydroxylation is 1. The maximum atomic E-state index is 10.3. The second kappa shape index (κ2) is 12.8. The van der Waals surface area contributed by atoms with E-state index in [0.29, 0.717) is 12.4 Å². The summed E-state index contributed by atoms with van der Waals surface area (Å²) in [6, 6.07) is 20.7. The van der Waals surface area contributed by atoms with Crippen molar-refractivity contribution >= 4 is 0 Å². The molecule has 0 atom stereocenters. The monoisotopic (exact) mass is 538 g/mol. The average molecular weight is 539 g/mol. The largest absolute Gasteiger partial charge is 0.392 e. The van der Waals surface area contributed by atoms with E-state index in [4.69, 9.17) is 14.5 Å². The van der Waals surface area contributed by atoms with Gasteiger partial charge in [-0.05, 0) is 57.2 Å². The third-order valence-electron chi connectivity index (χ3n) is 7.08. The maximum absolute atomic E-state index is 10.3. The Labute approximate surface area is 233 Å². The summed E-state index contributed by atoms with van der Waals surface area (Å²) in [4.78, 5) is 4.74.